The van der Waals surface area contributed by atoms with E-state index in [1.54, 1.807) is 0 Å². The van der Waals surface area contributed by atoms with Crippen molar-refractivity contribution in [3.63, 3.8) is 0 Å². The number of halogens is 1. The summed E-state index contributed by atoms with van der Waals surface area (Å²) in [6, 6.07) is 0. The van der Waals surface area contributed by atoms with Crippen molar-refractivity contribution in [1.29, 1.82) is 0 Å². The zero-order valence-corrected chi connectivity index (χ0v) is 12.6. The normalized spacial score (nSPS) is 26.6. The molecule has 0 aliphatic heterocycles. The van der Waals surface area contributed by atoms with E-state index in [4.69, 9.17) is 4.74 Å². The Kier molecular flexibility index (Phi) is 5.82. The lowest BCUT2D eigenvalue weighted by molar-refractivity contribution is -0.0576. The van der Waals surface area contributed by atoms with Gasteiger partial charge in [-0.15, -0.1) is 0 Å². The highest BCUT2D eigenvalue weighted by atomic mass is 79.9. The predicted octanol–water partition coefficient (Wildman–Crippen LogP) is 5.07. The summed E-state index contributed by atoms with van der Waals surface area (Å²) in [4.78, 5) is 0. The van der Waals surface area contributed by atoms with Crippen molar-refractivity contribution >= 4 is 15.9 Å². The third-order valence-corrected chi connectivity index (χ3v) is 5.63. The molecule has 0 bridgehead atoms. The second-order valence-corrected chi connectivity index (χ2v) is 6.61. The fourth-order valence-electron chi connectivity index (χ4n) is 3.34. The molecule has 0 aromatic heterocycles. The summed E-state index contributed by atoms with van der Waals surface area (Å²) in [6.07, 6.45) is 15.2. The van der Waals surface area contributed by atoms with E-state index in [1.165, 1.54) is 70.6 Å². The first-order valence-corrected chi connectivity index (χ1v) is 8.67. The molecule has 2 aliphatic carbocycles. The molecule has 0 heterocycles. The Bertz CT molecular complexity index is 203. The number of hydrogen-bond acceptors (Lipinski definition) is 1. The van der Waals surface area contributed by atoms with Gasteiger partial charge in [-0.3, -0.25) is 0 Å². The Morgan fingerprint density at radius 3 is 2.06 bits per heavy atom. The van der Waals surface area contributed by atoms with Crippen LogP contribution in [0.4, 0.5) is 0 Å². The molecule has 0 atom stereocenters. The topological polar surface area (TPSA) is 9.23 Å². The molecule has 0 N–H and O–H groups in total. The Morgan fingerprint density at radius 1 is 0.882 bits per heavy atom. The maximum absolute atomic E-state index is 6.39. The minimum atomic E-state index is 0.175. The van der Waals surface area contributed by atoms with Crippen LogP contribution in [0.15, 0.2) is 0 Å². The second-order valence-electron chi connectivity index (χ2n) is 6.05. The van der Waals surface area contributed by atoms with Gasteiger partial charge in [0.15, 0.2) is 0 Å². The van der Waals surface area contributed by atoms with Crippen LogP contribution in [0.1, 0.15) is 70.6 Å². The van der Waals surface area contributed by atoms with Crippen LogP contribution in [-0.4, -0.2) is 17.5 Å². The average molecular weight is 303 g/mol. The molecule has 0 unspecified atom stereocenters. The number of rotatable bonds is 4. The summed E-state index contributed by atoms with van der Waals surface area (Å²) in [5, 5.41) is 1.03. The molecule has 0 aromatic carbocycles. The summed E-state index contributed by atoms with van der Waals surface area (Å²) in [5.41, 5.74) is 0.175. The zero-order valence-electron chi connectivity index (χ0n) is 11.1. The third-order valence-electron chi connectivity index (χ3n) is 4.61. The quantitative estimate of drug-likeness (QED) is 0.520. The lowest BCUT2D eigenvalue weighted by atomic mass is 9.89. The van der Waals surface area contributed by atoms with Gasteiger partial charge < -0.3 is 4.74 Å². The first-order valence-electron chi connectivity index (χ1n) is 7.55. The van der Waals surface area contributed by atoms with Crippen molar-refractivity contribution in [2.45, 2.75) is 76.2 Å². The van der Waals surface area contributed by atoms with Crippen LogP contribution in [-0.2, 0) is 4.74 Å². The van der Waals surface area contributed by atoms with E-state index in [0.29, 0.717) is 0 Å². The largest absolute Gasteiger partial charge is 0.374 e. The fourth-order valence-corrected chi connectivity index (χ4v) is 4.06. The van der Waals surface area contributed by atoms with E-state index >= 15 is 0 Å². The highest BCUT2D eigenvalue weighted by Gasteiger charge is 2.31. The maximum atomic E-state index is 6.39. The second kappa shape index (κ2) is 7.13. The summed E-state index contributed by atoms with van der Waals surface area (Å²) in [5.74, 6) is 0.850. The van der Waals surface area contributed by atoms with E-state index in [0.717, 1.165) is 17.9 Å². The van der Waals surface area contributed by atoms with Crippen molar-refractivity contribution in [3.05, 3.63) is 0 Å². The van der Waals surface area contributed by atoms with Crippen LogP contribution in [0.3, 0.4) is 0 Å². The van der Waals surface area contributed by atoms with Gasteiger partial charge in [-0.1, -0.05) is 60.9 Å². The Balaban J connectivity index is 1.80. The predicted molar refractivity (Wildman–Crippen MR) is 76.8 cm³/mol. The minimum absolute atomic E-state index is 0.175. The van der Waals surface area contributed by atoms with Gasteiger partial charge in [0.05, 0.1) is 12.2 Å². The molecule has 0 radical (unpaired) electrons. The Morgan fingerprint density at radius 2 is 1.47 bits per heavy atom. The smallest absolute Gasteiger partial charge is 0.0779 e. The first-order chi connectivity index (χ1) is 8.35. The molecule has 17 heavy (non-hydrogen) atoms. The van der Waals surface area contributed by atoms with E-state index < -0.39 is 0 Å². The van der Waals surface area contributed by atoms with Crippen LogP contribution in [0.25, 0.3) is 0 Å². The van der Waals surface area contributed by atoms with Gasteiger partial charge in [-0.2, -0.15) is 0 Å². The summed E-state index contributed by atoms with van der Waals surface area (Å²) >= 11 is 3.70. The highest BCUT2D eigenvalue weighted by molar-refractivity contribution is 9.09. The molecular formula is C15H27BrO. The van der Waals surface area contributed by atoms with Crippen LogP contribution in [0.5, 0.6) is 0 Å². The summed E-state index contributed by atoms with van der Waals surface area (Å²) in [7, 11) is 0. The van der Waals surface area contributed by atoms with E-state index in [2.05, 4.69) is 15.9 Å². The summed E-state index contributed by atoms with van der Waals surface area (Å²) in [6.45, 7) is 1.02. The number of alkyl halides is 1. The van der Waals surface area contributed by atoms with Gasteiger partial charge in [-0.25, -0.2) is 0 Å². The van der Waals surface area contributed by atoms with E-state index in [1.807, 2.05) is 0 Å². The third kappa shape index (κ3) is 4.24. The number of hydrogen-bond donors (Lipinski definition) is 0. The Labute approximate surface area is 115 Å². The highest BCUT2D eigenvalue weighted by Crippen LogP contribution is 2.34. The first kappa shape index (κ1) is 13.9. The molecule has 2 heteroatoms. The Hall–Kier alpha value is 0.440. The fraction of sp³-hybridized carbons (Fsp3) is 1.00. The molecule has 2 rings (SSSR count). The van der Waals surface area contributed by atoms with E-state index in [9.17, 15) is 0 Å². The lowest BCUT2D eigenvalue weighted by Crippen LogP contribution is -2.36. The lowest BCUT2D eigenvalue weighted by Gasteiger charge is -2.34. The monoisotopic (exact) mass is 302 g/mol. The molecule has 1 nitrogen and oxygen atoms in total. The van der Waals surface area contributed by atoms with Gasteiger partial charge in [0.1, 0.15) is 0 Å². The SMILES string of the molecule is BrCC1(OCC2CCCCC2)CCCCCC1. The van der Waals surface area contributed by atoms with Gasteiger partial charge in [-0.05, 0) is 31.6 Å². The van der Waals surface area contributed by atoms with Gasteiger partial charge in [0, 0.05) is 5.33 Å². The molecule has 0 saturated heterocycles. The molecule has 2 saturated carbocycles. The van der Waals surface area contributed by atoms with Gasteiger partial charge in [0.25, 0.3) is 0 Å². The van der Waals surface area contributed by atoms with Crippen LogP contribution in [0.2, 0.25) is 0 Å². The standard InChI is InChI=1S/C15H27BrO/c16-13-15(10-6-1-2-7-11-15)17-12-14-8-4-3-5-9-14/h14H,1-13H2. The summed E-state index contributed by atoms with van der Waals surface area (Å²) < 4.78 is 6.39. The minimum Gasteiger partial charge on any atom is -0.374 e. The van der Waals surface area contributed by atoms with Crippen molar-refractivity contribution in [1.82, 2.24) is 0 Å². The molecule has 0 spiro atoms. The molecule has 0 aromatic rings. The van der Waals surface area contributed by atoms with Crippen molar-refractivity contribution in [3.8, 4) is 0 Å². The van der Waals surface area contributed by atoms with Crippen LogP contribution < -0.4 is 0 Å². The molecule has 2 fully saturated rings. The molecular weight excluding hydrogens is 276 g/mol. The van der Waals surface area contributed by atoms with Crippen molar-refractivity contribution < 1.29 is 4.74 Å². The average Bonchev–Trinajstić information content (AvgIpc) is 2.64. The maximum Gasteiger partial charge on any atom is 0.0779 e. The zero-order chi connectivity index (χ0) is 12.0. The van der Waals surface area contributed by atoms with Crippen LogP contribution in [0, 0.1) is 5.92 Å². The van der Waals surface area contributed by atoms with Gasteiger partial charge in [0.2, 0.25) is 0 Å². The molecule has 2 aliphatic rings. The molecule has 0 amide bonds. The van der Waals surface area contributed by atoms with E-state index in [-0.39, 0.29) is 5.60 Å². The van der Waals surface area contributed by atoms with Crippen LogP contribution >= 0.6 is 15.9 Å². The van der Waals surface area contributed by atoms with Gasteiger partial charge >= 0.3 is 0 Å². The van der Waals surface area contributed by atoms with Crippen molar-refractivity contribution in [2.24, 2.45) is 5.92 Å². The number of ether oxygens (including phenoxy) is 1. The molecule has 100 valence electrons. The van der Waals surface area contributed by atoms with Crippen molar-refractivity contribution in [2.75, 3.05) is 11.9 Å².